The Morgan fingerprint density at radius 1 is 0.903 bits per heavy atom. The molecule has 152 valence electrons. The van der Waals surface area contributed by atoms with Crippen LogP contribution >= 0.6 is 0 Å². The van der Waals surface area contributed by atoms with Gasteiger partial charge in [0.05, 0.1) is 17.6 Å². The van der Waals surface area contributed by atoms with E-state index in [9.17, 15) is 14.3 Å². The molecule has 31 heavy (non-hydrogen) atoms. The summed E-state index contributed by atoms with van der Waals surface area (Å²) in [5.41, 5.74) is 4.19. The molecular formula is C24H17FN4O2. The van der Waals surface area contributed by atoms with Gasteiger partial charge in [-0.3, -0.25) is 4.79 Å². The number of carbonyl (C=O) groups excluding carboxylic acids is 1. The molecule has 0 aromatic heterocycles. The number of nitrogens with zero attached hydrogens (tertiary/aromatic N) is 3. The summed E-state index contributed by atoms with van der Waals surface area (Å²) >= 11 is 0. The second-order valence-electron chi connectivity index (χ2n) is 6.65. The Kier molecular flexibility index (Phi) is 5.75. The number of fused-ring (bicyclic) bond motifs is 1. The minimum atomic E-state index is -0.498. The lowest BCUT2D eigenvalue weighted by Gasteiger charge is -2.02. The molecule has 7 heteroatoms. The zero-order valence-electron chi connectivity index (χ0n) is 16.2. The Hall–Kier alpha value is -4.39. The van der Waals surface area contributed by atoms with Gasteiger partial charge in [-0.25, -0.2) is 9.82 Å². The lowest BCUT2D eigenvalue weighted by atomic mass is 10.1. The van der Waals surface area contributed by atoms with Crippen LogP contribution in [0, 0.1) is 5.82 Å². The molecule has 0 spiro atoms. The Balaban J connectivity index is 1.50. The molecule has 0 radical (unpaired) electrons. The van der Waals surface area contributed by atoms with Crippen molar-refractivity contribution in [1.82, 2.24) is 5.43 Å². The number of halogens is 1. The van der Waals surface area contributed by atoms with Crippen LogP contribution < -0.4 is 5.43 Å². The fraction of sp³-hybridized carbons (Fsp3) is 0. The quantitative estimate of drug-likeness (QED) is 0.244. The van der Waals surface area contributed by atoms with Crippen molar-refractivity contribution in [2.75, 3.05) is 0 Å². The molecule has 0 saturated carbocycles. The number of hydrazone groups is 1. The SMILES string of the molecule is O=C(NN=Cc1cc(N=Nc2cccc3ccccc23)ccc1O)c1ccc(F)cc1. The monoisotopic (exact) mass is 412 g/mol. The minimum Gasteiger partial charge on any atom is -0.507 e. The first-order valence-corrected chi connectivity index (χ1v) is 9.42. The normalized spacial score (nSPS) is 11.4. The van der Waals surface area contributed by atoms with Crippen molar-refractivity contribution in [2.24, 2.45) is 15.3 Å². The number of hydrogen-bond donors (Lipinski definition) is 2. The topological polar surface area (TPSA) is 86.4 Å². The van der Waals surface area contributed by atoms with Gasteiger partial charge in [-0.1, -0.05) is 36.4 Å². The molecule has 0 bridgehead atoms. The van der Waals surface area contributed by atoms with Gasteiger partial charge in [-0.05, 0) is 53.9 Å². The van der Waals surface area contributed by atoms with Crippen LogP contribution in [-0.4, -0.2) is 17.2 Å². The van der Waals surface area contributed by atoms with E-state index < -0.39 is 11.7 Å². The van der Waals surface area contributed by atoms with Gasteiger partial charge in [0.25, 0.3) is 5.91 Å². The van der Waals surface area contributed by atoms with Crippen LogP contribution in [0.15, 0.2) is 100 Å². The summed E-state index contributed by atoms with van der Waals surface area (Å²) in [6.45, 7) is 0. The van der Waals surface area contributed by atoms with Crippen molar-refractivity contribution in [1.29, 1.82) is 0 Å². The predicted octanol–water partition coefficient (Wildman–Crippen LogP) is 5.86. The molecule has 0 aliphatic heterocycles. The van der Waals surface area contributed by atoms with Gasteiger partial charge in [-0.2, -0.15) is 10.2 Å². The number of carbonyl (C=O) groups is 1. The third-order valence-corrected chi connectivity index (χ3v) is 4.53. The van der Waals surface area contributed by atoms with Crippen molar-refractivity contribution < 1.29 is 14.3 Å². The van der Waals surface area contributed by atoms with Gasteiger partial charge >= 0.3 is 0 Å². The molecule has 0 unspecified atom stereocenters. The second-order valence-corrected chi connectivity index (χ2v) is 6.65. The van der Waals surface area contributed by atoms with E-state index in [1.807, 2.05) is 42.5 Å². The molecule has 0 atom stereocenters. The Bertz CT molecular complexity index is 1300. The number of aromatic hydroxyl groups is 1. The molecule has 6 nitrogen and oxygen atoms in total. The van der Waals surface area contributed by atoms with Crippen molar-refractivity contribution in [2.45, 2.75) is 0 Å². The molecule has 0 aliphatic carbocycles. The van der Waals surface area contributed by atoms with Crippen LogP contribution in [0.5, 0.6) is 5.75 Å². The summed E-state index contributed by atoms with van der Waals surface area (Å²) in [6.07, 6.45) is 1.30. The first-order chi connectivity index (χ1) is 15.1. The van der Waals surface area contributed by atoms with Crippen LogP contribution in [0.4, 0.5) is 15.8 Å². The van der Waals surface area contributed by atoms with Crippen molar-refractivity contribution >= 4 is 34.3 Å². The summed E-state index contributed by atoms with van der Waals surface area (Å²) < 4.78 is 12.9. The van der Waals surface area contributed by atoms with E-state index in [1.165, 1.54) is 36.5 Å². The van der Waals surface area contributed by atoms with Crippen molar-refractivity contribution in [3.8, 4) is 5.75 Å². The standard InChI is InChI=1S/C24H17FN4O2/c25-19-10-8-17(9-11-19)24(31)29-26-15-18-14-20(12-13-23(18)30)27-28-22-7-3-5-16-4-1-2-6-21(16)22/h1-15,30H,(H,29,31). The first-order valence-electron chi connectivity index (χ1n) is 9.42. The van der Waals surface area contributed by atoms with Gasteiger partial charge in [0.1, 0.15) is 11.6 Å². The van der Waals surface area contributed by atoms with Gasteiger partial charge in [0, 0.05) is 16.5 Å². The zero-order chi connectivity index (χ0) is 21.6. The van der Waals surface area contributed by atoms with Crippen molar-refractivity contribution in [3.63, 3.8) is 0 Å². The highest BCUT2D eigenvalue weighted by Crippen LogP contribution is 2.28. The number of phenolic OH excluding ortho intramolecular Hbond substituents is 1. The number of azo groups is 1. The fourth-order valence-corrected chi connectivity index (χ4v) is 2.94. The van der Waals surface area contributed by atoms with Gasteiger partial charge < -0.3 is 5.11 Å². The molecule has 0 saturated heterocycles. The van der Waals surface area contributed by atoms with Crippen LogP contribution in [0.3, 0.4) is 0 Å². The molecule has 0 aliphatic rings. The Morgan fingerprint density at radius 3 is 2.52 bits per heavy atom. The summed E-state index contributed by atoms with van der Waals surface area (Å²) in [5.74, 6) is -0.953. The third-order valence-electron chi connectivity index (χ3n) is 4.53. The number of hydrogen-bond acceptors (Lipinski definition) is 5. The van der Waals surface area contributed by atoms with Crippen LogP contribution in [0.1, 0.15) is 15.9 Å². The van der Waals surface area contributed by atoms with Crippen molar-refractivity contribution in [3.05, 3.63) is 102 Å². The van der Waals surface area contributed by atoms with Crippen LogP contribution in [-0.2, 0) is 0 Å². The molecule has 4 aromatic rings. The highest BCUT2D eigenvalue weighted by Gasteiger charge is 2.05. The smallest absolute Gasteiger partial charge is 0.271 e. The lowest BCUT2D eigenvalue weighted by molar-refractivity contribution is 0.0955. The highest BCUT2D eigenvalue weighted by molar-refractivity contribution is 5.95. The molecule has 0 fully saturated rings. The highest BCUT2D eigenvalue weighted by atomic mass is 19.1. The molecule has 4 rings (SSSR count). The van der Waals surface area contributed by atoms with E-state index in [0.29, 0.717) is 11.3 Å². The van der Waals surface area contributed by atoms with E-state index in [0.717, 1.165) is 16.5 Å². The van der Waals surface area contributed by atoms with E-state index in [1.54, 1.807) is 12.1 Å². The number of amides is 1. The lowest BCUT2D eigenvalue weighted by Crippen LogP contribution is -2.17. The molecule has 2 N–H and O–H groups in total. The maximum absolute atomic E-state index is 12.9. The maximum atomic E-state index is 12.9. The number of benzene rings is 4. The van der Waals surface area contributed by atoms with E-state index in [-0.39, 0.29) is 11.3 Å². The second kappa shape index (κ2) is 8.96. The number of rotatable bonds is 5. The Labute approximate surface area is 177 Å². The van der Waals surface area contributed by atoms with Gasteiger partial charge in [0.2, 0.25) is 0 Å². The average molecular weight is 412 g/mol. The van der Waals surface area contributed by atoms with Gasteiger partial charge in [0.15, 0.2) is 0 Å². The third kappa shape index (κ3) is 4.79. The summed E-state index contributed by atoms with van der Waals surface area (Å²) in [6, 6.07) is 23.4. The number of nitrogens with one attached hydrogen (secondary N) is 1. The molecule has 0 heterocycles. The van der Waals surface area contributed by atoms with Crippen LogP contribution in [0.25, 0.3) is 10.8 Å². The first kappa shape index (κ1) is 19.9. The fourth-order valence-electron chi connectivity index (χ4n) is 2.94. The van der Waals surface area contributed by atoms with E-state index >= 15 is 0 Å². The maximum Gasteiger partial charge on any atom is 0.271 e. The largest absolute Gasteiger partial charge is 0.507 e. The molecule has 1 amide bonds. The van der Waals surface area contributed by atoms with Crippen LogP contribution in [0.2, 0.25) is 0 Å². The molecule has 4 aromatic carbocycles. The number of phenols is 1. The zero-order valence-corrected chi connectivity index (χ0v) is 16.2. The predicted molar refractivity (Wildman–Crippen MR) is 118 cm³/mol. The summed E-state index contributed by atoms with van der Waals surface area (Å²) in [4.78, 5) is 12.0. The van der Waals surface area contributed by atoms with Gasteiger partial charge in [-0.15, -0.1) is 5.11 Å². The molecular weight excluding hydrogens is 395 g/mol. The summed E-state index contributed by atoms with van der Waals surface area (Å²) in [7, 11) is 0. The summed E-state index contributed by atoms with van der Waals surface area (Å²) in [5, 5.41) is 24.5. The van der Waals surface area contributed by atoms with E-state index in [2.05, 4.69) is 20.8 Å². The minimum absolute atomic E-state index is 0.0242. The Morgan fingerprint density at radius 2 is 1.68 bits per heavy atom. The average Bonchev–Trinajstić information content (AvgIpc) is 2.79. The van der Waals surface area contributed by atoms with E-state index in [4.69, 9.17) is 0 Å².